The highest BCUT2D eigenvalue weighted by Gasteiger charge is 2.12. The van der Waals surface area contributed by atoms with E-state index in [9.17, 15) is 9.59 Å². The van der Waals surface area contributed by atoms with Crippen LogP contribution in [0.2, 0.25) is 5.02 Å². The predicted molar refractivity (Wildman–Crippen MR) is 134 cm³/mol. The fourth-order valence-electron chi connectivity index (χ4n) is 2.66. The monoisotopic (exact) mass is 544 g/mol. The maximum atomic E-state index is 12.6. The molecular formula is C25H22BrClN2O5. The summed E-state index contributed by atoms with van der Waals surface area (Å²) in [6.45, 7) is 2.40. The SMILES string of the molecule is CCCOc1ccc(C(=O)Oc2ccc(Br)cc2/C=N\NC(=O)COc2ccc(Cl)cc2)cc1. The summed E-state index contributed by atoms with van der Waals surface area (Å²) in [7, 11) is 0. The van der Waals surface area contributed by atoms with Crippen LogP contribution in [0.5, 0.6) is 17.2 Å². The van der Waals surface area contributed by atoms with Gasteiger partial charge >= 0.3 is 5.97 Å². The van der Waals surface area contributed by atoms with Crippen molar-refractivity contribution in [3.63, 3.8) is 0 Å². The summed E-state index contributed by atoms with van der Waals surface area (Å²) >= 11 is 9.20. The molecule has 176 valence electrons. The highest BCUT2D eigenvalue weighted by atomic mass is 79.9. The van der Waals surface area contributed by atoms with E-state index in [1.165, 1.54) is 6.21 Å². The van der Waals surface area contributed by atoms with Crippen molar-refractivity contribution in [3.05, 3.63) is 87.4 Å². The first-order chi connectivity index (χ1) is 16.4. The Bertz CT molecular complexity index is 1150. The molecule has 3 rings (SSSR count). The molecule has 0 unspecified atom stereocenters. The van der Waals surface area contributed by atoms with Crippen molar-refractivity contribution < 1.29 is 23.8 Å². The predicted octanol–water partition coefficient (Wildman–Crippen LogP) is 5.64. The quantitative estimate of drug-likeness (QED) is 0.154. The normalized spacial score (nSPS) is 10.7. The van der Waals surface area contributed by atoms with E-state index in [4.69, 9.17) is 25.8 Å². The van der Waals surface area contributed by atoms with Crippen LogP contribution in [-0.4, -0.2) is 31.3 Å². The van der Waals surface area contributed by atoms with Crippen LogP contribution in [0, 0.1) is 0 Å². The highest BCUT2D eigenvalue weighted by Crippen LogP contribution is 2.23. The molecule has 0 spiro atoms. The van der Waals surface area contributed by atoms with Crippen LogP contribution in [0.4, 0.5) is 0 Å². The molecule has 3 aromatic carbocycles. The van der Waals surface area contributed by atoms with Crippen molar-refractivity contribution in [1.29, 1.82) is 0 Å². The Morgan fingerprint density at radius 3 is 2.38 bits per heavy atom. The zero-order valence-electron chi connectivity index (χ0n) is 18.3. The second-order valence-electron chi connectivity index (χ2n) is 6.98. The molecule has 0 heterocycles. The van der Waals surface area contributed by atoms with Crippen molar-refractivity contribution in [3.8, 4) is 17.2 Å². The molecule has 9 heteroatoms. The van der Waals surface area contributed by atoms with Gasteiger partial charge in [0.15, 0.2) is 6.61 Å². The zero-order chi connectivity index (χ0) is 24.3. The number of rotatable bonds is 10. The minimum atomic E-state index is -0.528. The number of esters is 1. The molecule has 0 bridgehead atoms. The number of hydrogen-bond acceptors (Lipinski definition) is 6. The van der Waals surface area contributed by atoms with Gasteiger partial charge in [0.25, 0.3) is 5.91 Å². The summed E-state index contributed by atoms with van der Waals surface area (Å²) in [6.07, 6.45) is 2.28. The van der Waals surface area contributed by atoms with Crippen LogP contribution in [0.25, 0.3) is 0 Å². The standard InChI is InChI=1S/C25H22BrClN2O5/c1-2-13-32-21-8-3-17(4-9-21)25(31)34-23-12-5-19(26)14-18(23)15-28-29-24(30)16-33-22-10-6-20(27)7-11-22/h3-12,14-15H,2,13,16H2,1H3,(H,29,30)/b28-15-. The number of carbonyl (C=O) groups excluding carboxylic acids is 2. The van der Waals surface area contributed by atoms with Crippen LogP contribution in [0.1, 0.15) is 29.3 Å². The maximum Gasteiger partial charge on any atom is 0.343 e. The van der Waals surface area contributed by atoms with Crippen LogP contribution in [0.3, 0.4) is 0 Å². The molecule has 0 atom stereocenters. The molecule has 3 aromatic rings. The largest absolute Gasteiger partial charge is 0.494 e. The van der Waals surface area contributed by atoms with Crippen molar-refractivity contribution in [1.82, 2.24) is 5.43 Å². The minimum Gasteiger partial charge on any atom is -0.494 e. The van der Waals surface area contributed by atoms with Crippen LogP contribution in [-0.2, 0) is 4.79 Å². The van der Waals surface area contributed by atoms with E-state index in [0.29, 0.717) is 34.3 Å². The molecular weight excluding hydrogens is 524 g/mol. The van der Waals surface area contributed by atoms with Crippen LogP contribution in [0.15, 0.2) is 76.3 Å². The molecule has 0 fully saturated rings. The highest BCUT2D eigenvalue weighted by molar-refractivity contribution is 9.10. The Hall–Kier alpha value is -3.36. The maximum absolute atomic E-state index is 12.6. The van der Waals surface area contributed by atoms with Gasteiger partial charge in [-0.05, 0) is 73.2 Å². The molecule has 0 saturated heterocycles. The third-order valence-corrected chi connectivity index (χ3v) is 5.06. The molecule has 0 radical (unpaired) electrons. The van der Waals surface area contributed by atoms with Crippen molar-refractivity contribution >= 4 is 45.6 Å². The number of benzene rings is 3. The fraction of sp³-hybridized carbons (Fsp3) is 0.160. The van der Waals surface area contributed by atoms with Crippen LogP contribution < -0.4 is 19.6 Å². The lowest BCUT2D eigenvalue weighted by atomic mass is 10.2. The number of carbonyl (C=O) groups is 2. The van der Waals surface area contributed by atoms with E-state index < -0.39 is 11.9 Å². The topological polar surface area (TPSA) is 86.2 Å². The van der Waals surface area contributed by atoms with Gasteiger partial charge in [0.1, 0.15) is 17.2 Å². The minimum absolute atomic E-state index is 0.225. The number of hydrazone groups is 1. The first kappa shape index (κ1) is 25.3. The van der Waals surface area contributed by atoms with Crippen molar-refractivity contribution in [2.24, 2.45) is 5.10 Å². The molecule has 7 nitrogen and oxygen atoms in total. The Labute approximate surface area is 210 Å². The van der Waals surface area contributed by atoms with Gasteiger partial charge in [-0.15, -0.1) is 0 Å². The lowest BCUT2D eigenvalue weighted by Gasteiger charge is -2.09. The van der Waals surface area contributed by atoms with E-state index in [0.717, 1.165) is 10.9 Å². The van der Waals surface area contributed by atoms with E-state index in [-0.39, 0.29) is 12.4 Å². The number of nitrogens with zero attached hydrogens (tertiary/aromatic N) is 1. The van der Waals surface area contributed by atoms with Crippen molar-refractivity contribution in [2.45, 2.75) is 13.3 Å². The van der Waals surface area contributed by atoms with E-state index in [2.05, 4.69) is 26.5 Å². The molecule has 0 aliphatic heterocycles. The number of nitrogens with one attached hydrogen (secondary N) is 1. The molecule has 0 aliphatic rings. The molecule has 0 aliphatic carbocycles. The molecule has 0 saturated carbocycles. The third-order valence-electron chi connectivity index (χ3n) is 4.31. The number of amides is 1. The molecule has 1 N–H and O–H groups in total. The average Bonchev–Trinajstić information content (AvgIpc) is 2.84. The summed E-state index contributed by atoms with van der Waals surface area (Å²) in [4.78, 5) is 24.6. The summed E-state index contributed by atoms with van der Waals surface area (Å²) in [5, 5.41) is 4.51. The zero-order valence-corrected chi connectivity index (χ0v) is 20.6. The first-order valence-electron chi connectivity index (χ1n) is 10.4. The van der Waals surface area contributed by atoms with Gasteiger partial charge in [-0.3, -0.25) is 4.79 Å². The van der Waals surface area contributed by atoms with Gasteiger partial charge in [-0.25, -0.2) is 10.2 Å². The van der Waals surface area contributed by atoms with E-state index >= 15 is 0 Å². The first-order valence-corrected chi connectivity index (χ1v) is 11.6. The summed E-state index contributed by atoms with van der Waals surface area (Å²) in [5.41, 5.74) is 3.24. The van der Waals surface area contributed by atoms with Gasteiger partial charge < -0.3 is 14.2 Å². The van der Waals surface area contributed by atoms with Gasteiger partial charge in [-0.2, -0.15) is 5.10 Å². The summed E-state index contributed by atoms with van der Waals surface area (Å²) < 4.78 is 17.2. The van der Waals surface area contributed by atoms with Crippen LogP contribution >= 0.6 is 27.5 Å². The van der Waals surface area contributed by atoms with E-state index in [1.54, 1.807) is 66.7 Å². The van der Waals surface area contributed by atoms with Gasteiger partial charge in [-0.1, -0.05) is 34.5 Å². The second-order valence-corrected chi connectivity index (χ2v) is 8.33. The van der Waals surface area contributed by atoms with Gasteiger partial charge in [0.2, 0.25) is 0 Å². The average molecular weight is 546 g/mol. The molecule has 1 amide bonds. The number of hydrogen-bond donors (Lipinski definition) is 1. The Morgan fingerprint density at radius 2 is 1.68 bits per heavy atom. The number of halogens is 2. The van der Waals surface area contributed by atoms with Crippen molar-refractivity contribution in [2.75, 3.05) is 13.2 Å². The lowest BCUT2D eigenvalue weighted by molar-refractivity contribution is -0.123. The smallest absolute Gasteiger partial charge is 0.343 e. The Kier molecular flexibility index (Phi) is 9.49. The Balaban J connectivity index is 1.59. The lowest BCUT2D eigenvalue weighted by Crippen LogP contribution is -2.24. The number of ether oxygens (including phenoxy) is 3. The fourth-order valence-corrected chi connectivity index (χ4v) is 3.17. The molecule has 0 aromatic heterocycles. The second kappa shape index (κ2) is 12.8. The van der Waals surface area contributed by atoms with Gasteiger partial charge in [0.05, 0.1) is 18.4 Å². The van der Waals surface area contributed by atoms with Gasteiger partial charge in [0, 0.05) is 15.1 Å². The van der Waals surface area contributed by atoms with E-state index in [1.807, 2.05) is 6.92 Å². The summed E-state index contributed by atoms with van der Waals surface area (Å²) in [5.74, 6) is 0.500. The molecule has 34 heavy (non-hydrogen) atoms. The third kappa shape index (κ3) is 7.90. The summed E-state index contributed by atoms with van der Waals surface area (Å²) in [6, 6.07) is 18.4. The Morgan fingerprint density at radius 1 is 1.00 bits per heavy atom.